The molecule has 0 saturated heterocycles. The first-order valence-electron chi connectivity index (χ1n) is 4.52. The minimum Gasteiger partial charge on any atom is -0.741 e. The molecule has 0 amide bonds. The number of non-ortho nitro benzene ring substituents is 1. The minimum absolute atomic E-state index is 0.0000926. The Morgan fingerprint density at radius 2 is 1.80 bits per heavy atom. The van der Waals surface area contributed by atoms with Crippen LogP contribution >= 0.6 is 0 Å². The number of nitro benzene ring substituents is 1. The van der Waals surface area contributed by atoms with Gasteiger partial charge in [0, 0.05) is 18.2 Å². The lowest BCUT2D eigenvalue weighted by Gasteiger charge is -2.08. The molecular weight excluding hydrogens is 307 g/mol. The topological polar surface area (TPSA) is 128 Å². The Hall–Kier alpha value is -2.26. The van der Waals surface area contributed by atoms with Gasteiger partial charge in [-0.15, -0.1) is 0 Å². The summed E-state index contributed by atoms with van der Waals surface area (Å²) in [6, 6.07) is 4.05. The van der Waals surface area contributed by atoms with E-state index in [0.717, 1.165) is 0 Å². The molecule has 0 unspecified atom stereocenters. The zero-order valence-electron chi connectivity index (χ0n) is 9.66. The summed E-state index contributed by atoms with van der Waals surface area (Å²) in [7, 11) is -6.09. The molecule has 8 nitrogen and oxygen atoms in total. The number of alkyl halides is 3. The van der Waals surface area contributed by atoms with Crippen molar-refractivity contribution in [3.8, 4) is 0 Å². The lowest BCUT2D eigenvalue weighted by atomic mass is 10.2. The van der Waals surface area contributed by atoms with Crippen LogP contribution in [0.1, 0.15) is 5.56 Å². The summed E-state index contributed by atoms with van der Waals surface area (Å²) in [6.45, 7) is 1.64. The van der Waals surface area contributed by atoms with Crippen LogP contribution in [0, 0.1) is 22.4 Å². The van der Waals surface area contributed by atoms with Crippen molar-refractivity contribution in [1.82, 2.24) is 0 Å². The van der Waals surface area contributed by atoms with Crippen molar-refractivity contribution in [2.24, 2.45) is 0 Å². The van der Waals surface area contributed by atoms with Crippen molar-refractivity contribution in [1.29, 1.82) is 5.39 Å². The molecule has 1 aromatic rings. The molecule has 0 aliphatic rings. The first-order chi connectivity index (χ1) is 8.90. The number of hydrogen-bond donors (Lipinski definition) is 0. The number of nitrogens with zero attached hydrogens (tertiary/aromatic N) is 3. The Balaban J connectivity index is 0.000000396. The summed E-state index contributed by atoms with van der Waals surface area (Å²) in [4.78, 5) is 12.7. The van der Waals surface area contributed by atoms with Gasteiger partial charge in [-0.25, -0.2) is 8.42 Å². The predicted molar refractivity (Wildman–Crippen MR) is 58.3 cm³/mol. The monoisotopic (exact) mass is 313 g/mol. The Morgan fingerprint density at radius 3 is 2.05 bits per heavy atom. The highest BCUT2D eigenvalue weighted by atomic mass is 32.2. The van der Waals surface area contributed by atoms with Gasteiger partial charge in [0.05, 0.1) is 10.5 Å². The molecule has 0 radical (unpaired) electrons. The van der Waals surface area contributed by atoms with Crippen molar-refractivity contribution in [2.75, 3.05) is 0 Å². The van der Waals surface area contributed by atoms with E-state index in [1.165, 1.54) is 18.2 Å². The summed E-state index contributed by atoms with van der Waals surface area (Å²) in [5, 5.41) is 18.7. The van der Waals surface area contributed by atoms with E-state index >= 15 is 0 Å². The second-order valence-electron chi connectivity index (χ2n) is 3.23. The predicted octanol–water partition coefficient (Wildman–Crippen LogP) is 2.44. The first kappa shape index (κ1) is 17.7. The number of halogens is 3. The minimum atomic E-state index is -6.09. The van der Waals surface area contributed by atoms with Crippen LogP contribution < -0.4 is 0 Å². The van der Waals surface area contributed by atoms with Gasteiger partial charge in [0.2, 0.25) is 5.39 Å². The second-order valence-corrected chi connectivity index (χ2v) is 4.60. The van der Waals surface area contributed by atoms with Gasteiger partial charge in [-0.1, -0.05) is 0 Å². The molecule has 0 N–H and O–H groups in total. The number of hydrogen-bond acceptors (Lipinski definition) is 6. The Labute approximate surface area is 110 Å². The summed E-state index contributed by atoms with van der Waals surface area (Å²) >= 11 is 0. The zero-order chi connectivity index (χ0) is 16.1. The molecule has 0 bridgehead atoms. The fraction of sp³-hybridized carbons (Fsp3) is 0.250. The number of rotatable bonds is 1. The maximum atomic E-state index is 10.7. The molecule has 0 heterocycles. The van der Waals surface area contributed by atoms with Crippen molar-refractivity contribution in [2.45, 2.75) is 12.4 Å². The van der Waals surface area contributed by atoms with Gasteiger partial charge in [0.25, 0.3) is 5.69 Å². The van der Waals surface area contributed by atoms with Crippen molar-refractivity contribution in [3.05, 3.63) is 38.9 Å². The average Bonchev–Trinajstić information content (AvgIpc) is 2.26. The number of nitro groups is 1. The maximum Gasteiger partial charge on any atom is 0.485 e. The third-order valence-corrected chi connectivity index (χ3v) is 2.35. The van der Waals surface area contributed by atoms with Crippen molar-refractivity contribution >= 4 is 21.5 Å². The largest absolute Gasteiger partial charge is 0.741 e. The van der Waals surface area contributed by atoms with Crippen LogP contribution in [0.15, 0.2) is 18.2 Å². The molecule has 0 aromatic heterocycles. The van der Waals surface area contributed by atoms with E-state index < -0.39 is 20.5 Å². The van der Waals surface area contributed by atoms with Gasteiger partial charge < -0.3 is 4.55 Å². The Morgan fingerprint density at radius 1 is 1.35 bits per heavy atom. The molecule has 1 rings (SSSR count). The van der Waals surface area contributed by atoms with E-state index in [9.17, 15) is 23.3 Å². The van der Waals surface area contributed by atoms with E-state index in [2.05, 4.69) is 4.98 Å². The highest BCUT2D eigenvalue weighted by Crippen LogP contribution is 2.23. The van der Waals surface area contributed by atoms with E-state index in [-0.39, 0.29) is 5.69 Å². The van der Waals surface area contributed by atoms with E-state index in [0.29, 0.717) is 11.3 Å². The number of diazo groups is 1. The fourth-order valence-electron chi connectivity index (χ4n) is 0.865. The van der Waals surface area contributed by atoms with Gasteiger partial charge >= 0.3 is 11.2 Å². The molecule has 0 spiro atoms. The van der Waals surface area contributed by atoms with E-state index in [1.807, 2.05) is 0 Å². The van der Waals surface area contributed by atoms with Crippen LogP contribution in [-0.2, 0) is 10.1 Å². The SMILES string of the molecule is Cc1cc([N+](=O)[O-])ccc1[N+]#N.O=S(=O)([O-])C(F)(F)F. The highest BCUT2D eigenvalue weighted by molar-refractivity contribution is 7.86. The first-order valence-corrected chi connectivity index (χ1v) is 5.93. The lowest BCUT2D eigenvalue weighted by Crippen LogP contribution is -2.21. The standard InChI is InChI=1S/C7H6N3O2.CHF3O3S/c1-5-4-6(10(11)12)2-3-7(5)9-8;2-1(3,4)8(5,6)7/h2-4H,1H3;(H,5,6,7)/q+1;/p-1. The molecule has 110 valence electrons. The van der Waals surface area contributed by atoms with E-state index in [1.54, 1.807) is 6.92 Å². The van der Waals surface area contributed by atoms with Gasteiger partial charge in [-0.05, 0) is 6.92 Å². The van der Waals surface area contributed by atoms with Crippen LogP contribution in [-0.4, -0.2) is 23.4 Å². The molecule has 0 aliphatic carbocycles. The van der Waals surface area contributed by atoms with E-state index in [4.69, 9.17) is 18.4 Å². The molecule has 0 fully saturated rings. The smallest absolute Gasteiger partial charge is 0.485 e. The Bertz CT molecular complexity index is 650. The lowest BCUT2D eigenvalue weighted by molar-refractivity contribution is -0.384. The summed E-state index contributed by atoms with van der Waals surface area (Å²) in [5.74, 6) is 0. The summed E-state index contributed by atoms with van der Waals surface area (Å²) in [6.07, 6.45) is 0. The maximum absolute atomic E-state index is 10.7. The van der Waals surface area contributed by atoms with Crippen LogP contribution in [0.2, 0.25) is 0 Å². The quantitative estimate of drug-likeness (QED) is 0.257. The summed E-state index contributed by atoms with van der Waals surface area (Å²) in [5.41, 5.74) is -4.72. The molecule has 0 atom stereocenters. The third-order valence-electron chi connectivity index (χ3n) is 1.78. The fourth-order valence-corrected chi connectivity index (χ4v) is 0.865. The normalized spacial score (nSPS) is 11.0. The van der Waals surface area contributed by atoms with Crippen LogP contribution in [0.5, 0.6) is 0 Å². The number of aryl methyl sites for hydroxylation is 1. The van der Waals surface area contributed by atoms with Gasteiger partial charge in [0.15, 0.2) is 15.1 Å². The average molecular weight is 313 g/mol. The summed E-state index contributed by atoms with van der Waals surface area (Å²) < 4.78 is 58.9. The van der Waals surface area contributed by atoms with Crippen LogP contribution in [0.3, 0.4) is 0 Å². The Kier molecular flexibility index (Phi) is 5.55. The molecule has 0 saturated carbocycles. The zero-order valence-corrected chi connectivity index (χ0v) is 10.5. The molecule has 0 aliphatic heterocycles. The van der Waals surface area contributed by atoms with Crippen LogP contribution in [0.25, 0.3) is 4.98 Å². The second kappa shape index (κ2) is 6.26. The molecule has 1 aromatic carbocycles. The van der Waals surface area contributed by atoms with Gasteiger partial charge in [-0.2, -0.15) is 13.2 Å². The molecule has 20 heavy (non-hydrogen) atoms. The van der Waals surface area contributed by atoms with Gasteiger partial charge in [-0.3, -0.25) is 10.1 Å². The highest BCUT2D eigenvalue weighted by Gasteiger charge is 2.36. The number of benzene rings is 1. The van der Waals surface area contributed by atoms with Crippen LogP contribution in [0.4, 0.5) is 24.5 Å². The van der Waals surface area contributed by atoms with Crippen molar-refractivity contribution in [3.63, 3.8) is 0 Å². The van der Waals surface area contributed by atoms with Crippen molar-refractivity contribution < 1.29 is 31.1 Å². The molecular formula is C8H6F3N3O5S. The van der Waals surface area contributed by atoms with Gasteiger partial charge in [0.1, 0.15) is 0 Å². The molecule has 12 heteroatoms. The third kappa shape index (κ3) is 5.16.